The van der Waals surface area contributed by atoms with Gasteiger partial charge in [-0.25, -0.2) is 13.4 Å². The molecule has 2 heterocycles. The Morgan fingerprint density at radius 3 is 2.57 bits per heavy atom. The van der Waals surface area contributed by atoms with Crippen LogP contribution >= 0.6 is 24.0 Å². The smallest absolute Gasteiger partial charge is 0.191 e. The van der Waals surface area contributed by atoms with Crippen LogP contribution in [0.4, 0.5) is 0 Å². The molecule has 0 aliphatic carbocycles. The van der Waals surface area contributed by atoms with Crippen LogP contribution in [0.5, 0.6) is 0 Å². The SMILES string of the molecule is CCNC(=NCc1nnc2ccccn12)NCCS(=O)(=O)c1ccccc1.I. The molecular formula is C18H23IN6O2S. The number of guanidine groups is 1. The van der Waals surface area contributed by atoms with Crippen molar-refractivity contribution in [3.05, 3.63) is 60.6 Å². The molecular weight excluding hydrogens is 491 g/mol. The maximum atomic E-state index is 12.3. The lowest BCUT2D eigenvalue weighted by Gasteiger charge is -2.11. The average molecular weight is 514 g/mol. The molecule has 0 fully saturated rings. The molecule has 0 saturated carbocycles. The van der Waals surface area contributed by atoms with E-state index in [9.17, 15) is 8.42 Å². The summed E-state index contributed by atoms with van der Waals surface area (Å²) < 4.78 is 26.5. The number of nitrogens with zero attached hydrogens (tertiary/aromatic N) is 4. The first-order chi connectivity index (χ1) is 13.1. The van der Waals surface area contributed by atoms with Gasteiger partial charge in [0, 0.05) is 19.3 Å². The first-order valence-electron chi connectivity index (χ1n) is 8.69. The van der Waals surface area contributed by atoms with Crippen molar-refractivity contribution in [2.24, 2.45) is 4.99 Å². The zero-order valence-corrected chi connectivity index (χ0v) is 18.6. The van der Waals surface area contributed by atoms with E-state index >= 15 is 0 Å². The molecule has 0 aliphatic rings. The average Bonchev–Trinajstić information content (AvgIpc) is 3.10. The number of hydrogen-bond acceptors (Lipinski definition) is 5. The van der Waals surface area contributed by atoms with Gasteiger partial charge in [0.05, 0.1) is 10.6 Å². The third-order valence-corrected chi connectivity index (χ3v) is 5.60. The summed E-state index contributed by atoms with van der Waals surface area (Å²) in [5.41, 5.74) is 0.759. The van der Waals surface area contributed by atoms with Crippen molar-refractivity contribution in [1.29, 1.82) is 0 Å². The van der Waals surface area contributed by atoms with Crippen LogP contribution in [-0.2, 0) is 16.4 Å². The van der Waals surface area contributed by atoms with Crippen molar-refractivity contribution < 1.29 is 8.42 Å². The Bertz CT molecular complexity index is 1020. The summed E-state index contributed by atoms with van der Waals surface area (Å²) in [6.45, 7) is 3.19. The van der Waals surface area contributed by atoms with Gasteiger partial charge in [-0.1, -0.05) is 24.3 Å². The Kier molecular flexibility index (Phi) is 8.18. The second-order valence-electron chi connectivity index (χ2n) is 5.80. The second kappa shape index (κ2) is 10.4. The lowest BCUT2D eigenvalue weighted by atomic mass is 10.4. The van der Waals surface area contributed by atoms with E-state index in [2.05, 4.69) is 25.8 Å². The van der Waals surface area contributed by atoms with Crippen LogP contribution in [0.3, 0.4) is 0 Å². The van der Waals surface area contributed by atoms with Crippen molar-refractivity contribution in [2.75, 3.05) is 18.8 Å². The summed E-state index contributed by atoms with van der Waals surface area (Å²) in [5, 5.41) is 14.4. The van der Waals surface area contributed by atoms with Crippen LogP contribution in [-0.4, -0.2) is 47.8 Å². The fraction of sp³-hybridized carbons (Fsp3) is 0.278. The molecule has 8 nitrogen and oxygen atoms in total. The third kappa shape index (κ3) is 5.64. The molecule has 0 bridgehead atoms. The highest BCUT2D eigenvalue weighted by Gasteiger charge is 2.13. The van der Waals surface area contributed by atoms with Gasteiger partial charge in [-0.2, -0.15) is 0 Å². The normalized spacial score (nSPS) is 11.8. The predicted molar refractivity (Wildman–Crippen MR) is 120 cm³/mol. The van der Waals surface area contributed by atoms with E-state index in [-0.39, 0.29) is 36.3 Å². The third-order valence-electron chi connectivity index (χ3n) is 3.87. The quantitative estimate of drug-likeness (QED) is 0.284. The molecule has 28 heavy (non-hydrogen) atoms. The number of nitrogens with one attached hydrogen (secondary N) is 2. The van der Waals surface area contributed by atoms with Crippen molar-refractivity contribution in [3.63, 3.8) is 0 Å². The number of aromatic nitrogens is 3. The number of fused-ring (bicyclic) bond motifs is 1. The van der Waals surface area contributed by atoms with Crippen molar-refractivity contribution in [3.8, 4) is 0 Å². The van der Waals surface area contributed by atoms with Crippen LogP contribution in [0, 0.1) is 0 Å². The maximum Gasteiger partial charge on any atom is 0.191 e. The Morgan fingerprint density at radius 2 is 1.82 bits per heavy atom. The molecule has 1 aromatic carbocycles. The Labute approximate surface area is 181 Å². The monoisotopic (exact) mass is 514 g/mol. The lowest BCUT2D eigenvalue weighted by molar-refractivity contribution is 0.594. The highest BCUT2D eigenvalue weighted by Crippen LogP contribution is 2.09. The summed E-state index contributed by atoms with van der Waals surface area (Å²) in [4.78, 5) is 4.80. The molecule has 3 aromatic rings. The van der Waals surface area contributed by atoms with E-state index in [0.29, 0.717) is 29.8 Å². The van der Waals surface area contributed by atoms with Gasteiger partial charge in [0.25, 0.3) is 0 Å². The van der Waals surface area contributed by atoms with Crippen LogP contribution in [0.2, 0.25) is 0 Å². The standard InChI is InChI=1S/C18H22N6O2S.HI/c1-2-19-18(20-11-13-27(25,26)15-8-4-3-5-9-15)21-14-17-23-22-16-10-6-7-12-24(16)17;/h3-10,12H,2,11,13-14H2,1H3,(H2,19,20,21);1H. The molecule has 0 spiro atoms. The minimum atomic E-state index is -3.33. The summed E-state index contributed by atoms with van der Waals surface area (Å²) in [7, 11) is -3.33. The Balaban J connectivity index is 0.00000280. The number of rotatable bonds is 7. The number of aliphatic imine (C=N–C) groups is 1. The first-order valence-corrected chi connectivity index (χ1v) is 10.3. The molecule has 2 aromatic heterocycles. The molecule has 150 valence electrons. The van der Waals surface area contributed by atoms with E-state index < -0.39 is 9.84 Å². The lowest BCUT2D eigenvalue weighted by Crippen LogP contribution is -2.39. The number of halogens is 1. The number of pyridine rings is 1. The van der Waals surface area contributed by atoms with Crippen LogP contribution in [0.1, 0.15) is 12.7 Å². The molecule has 2 N–H and O–H groups in total. The van der Waals surface area contributed by atoms with Crippen molar-refractivity contribution >= 4 is 45.4 Å². The van der Waals surface area contributed by atoms with Crippen LogP contribution < -0.4 is 10.6 Å². The van der Waals surface area contributed by atoms with Gasteiger partial charge in [-0.15, -0.1) is 34.2 Å². The van der Waals surface area contributed by atoms with Gasteiger partial charge in [0.15, 0.2) is 27.3 Å². The van der Waals surface area contributed by atoms with E-state index in [4.69, 9.17) is 0 Å². The molecule has 0 atom stereocenters. The molecule has 0 saturated heterocycles. The molecule has 0 aliphatic heterocycles. The van der Waals surface area contributed by atoms with Crippen LogP contribution in [0.25, 0.3) is 5.65 Å². The maximum absolute atomic E-state index is 12.3. The van der Waals surface area contributed by atoms with Gasteiger partial charge >= 0.3 is 0 Å². The van der Waals surface area contributed by atoms with Crippen molar-refractivity contribution in [1.82, 2.24) is 25.2 Å². The van der Waals surface area contributed by atoms with Gasteiger partial charge < -0.3 is 10.6 Å². The van der Waals surface area contributed by atoms with Gasteiger partial charge in [-0.05, 0) is 31.2 Å². The summed E-state index contributed by atoms with van der Waals surface area (Å²) in [6.07, 6.45) is 1.88. The van der Waals surface area contributed by atoms with Crippen LogP contribution in [0.15, 0.2) is 64.6 Å². The number of hydrogen-bond donors (Lipinski definition) is 2. The van der Waals surface area contributed by atoms with E-state index in [1.165, 1.54) is 0 Å². The second-order valence-corrected chi connectivity index (χ2v) is 7.91. The summed E-state index contributed by atoms with van der Waals surface area (Å²) in [6, 6.07) is 14.1. The van der Waals surface area contributed by atoms with E-state index in [0.717, 1.165) is 5.65 Å². The molecule has 0 radical (unpaired) electrons. The van der Waals surface area contributed by atoms with Gasteiger partial charge in [-0.3, -0.25) is 4.40 Å². The van der Waals surface area contributed by atoms with Gasteiger partial charge in [0.2, 0.25) is 0 Å². The Morgan fingerprint density at radius 1 is 1.07 bits per heavy atom. The molecule has 0 unspecified atom stereocenters. The van der Waals surface area contributed by atoms with Gasteiger partial charge in [0.1, 0.15) is 6.54 Å². The zero-order chi connectivity index (χ0) is 19.1. The van der Waals surface area contributed by atoms with E-state index in [1.807, 2.05) is 35.7 Å². The van der Waals surface area contributed by atoms with Crippen molar-refractivity contribution in [2.45, 2.75) is 18.4 Å². The fourth-order valence-electron chi connectivity index (χ4n) is 2.54. The molecule has 3 rings (SSSR count). The largest absolute Gasteiger partial charge is 0.357 e. The predicted octanol–water partition coefficient (Wildman–Crippen LogP) is 1.88. The Hall–Kier alpha value is -2.21. The minimum absolute atomic E-state index is 0. The highest BCUT2D eigenvalue weighted by molar-refractivity contribution is 14.0. The fourth-order valence-corrected chi connectivity index (χ4v) is 3.72. The summed E-state index contributed by atoms with van der Waals surface area (Å²) in [5.74, 6) is 1.23. The topological polar surface area (TPSA) is 101 Å². The zero-order valence-electron chi connectivity index (χ0n) is 15.4. The molecule has 10 heteroatoms. The first kappa shape index (κ1) is 22.1. The number of benzene rings is 1. The van der Waals surface area contributed by atoms with E-state index in [1.54, 1.807) is 30.3 Å². The highest BCUT2D eigenvalue weighted by atomic mass is 127. The summed E-state index contributed by atoms with van der Waals surface area (Å²) >= 11 is 0. The molecule has 0 amide bonds. The minimum Gasteiger partial charge on any atom is -0.357 e. The number of sulfone groups is 1.